The summed E-state index contributed by atoms with van der Waals surface area (Å²) in [7, 11) is 1.35. The van der Waals surface area contributed by atoms with Gasteiger partial charge in [-0.05, 0) is 24.3 Å². The molecule has 23 heavy (non-hydrogen) atoms. The number of ether oxygens (including phenoxy) is 1. The van der Waals surface area contributed by atoms with Gasteiger partial charge < -0.3 is 9.72 Å². The average Bonchev–Trinajstić information content (AvgIpc) is 2.99. The van der Waals surface area contributed by atoms with E-state index in [1.807, 2.05) is 36.4 Å². The first-order valence-electron chi connectivity index (χ1n) is 7.18. The fraction of sp³-hybridized carbons (Fsp3) is 0.0556. The molecule has 4 aromatic rings. The Hall–Kier alpha value is -3.21. The van der Waals surface area contributed by atoms with Crippen molar-refractivity contribution in [2.45, 2.75) is 0 Å². The minimum Gasteiger partial charge on any atom is -0.464 e. The third-order valence-electron chi connectivity index (χ3n) is 3.83. The van der Waals surface area contributed by atoms with Gasteiger partial charge in [-0.15, -0.1) is 0 Å². The molecule has 0 fully saturated rings. The summed E-state index contributed by atoms with van der Waals surface area (Å²) in [5, 5.41) is 1.98. The molecule has 3 aromatic heterocycles. The molecule has 5 heteroatoms. The third kappa shape index (κ3) is 2.14. The van der Waals surface area contributed by atoms with Crippen LogP contribution in [0.15, 0.2) is 54.9 Å². The van der Waals surface area contributed by atoms with Gasteiger partial charge in [0.2, 0.25) is 0 Å². The summed E-state index contributed by atoms with van der Waals surface area (Å²) in [6.07, 6.45) is 3.43. The molecular formula is C18H13N3O2. The molecule has 0 amide bonds. The standard InChI is InChI=1S/C18H13N3O2/c1-23-18(22)15-9-13-12-6-2-3-7-14(12)20-17(13)16(21-15)11-5-4-8-19-10-11/h2-10,20H,1H3. The molecule has 112 valence electrons. The van der Waals surface area contributed by atoms with Crippen molar-refractivity contribution in [1.82, 2.24) is 15.0 Å². The van der Waals surface area contributed by atoms with Crippen molar-refractivity contribution in [3.63, 3.8) is 0 Å². The number of carbonyl (C=O) groups excluding carboxylic acids is 1. The zero-order chi connectivity index (χ0) is 15.8. The van der Waals surface area contributed by atoms with Crippen molar-refractivity contribution in [3.05, 3.63) is 60.6 Å². The van der Waals surface area contributed by atoms with Crippen molar-refractivity contribution in [3.8, 4) is 11.3 Å². The lowest BCUT2D eigenvalue weighted by Gasteiger charge is -2.06. The van der Waals surface area contributed by atoms with Gasteiger partial charge in [0.05, 0.1) is 18.3 Å². The molecule has 3 heterocycles. The number of hydrogen-bond acceptors (Lipinski definition) is 4. The van der Waals surface area contributed by atoms with Crippen LogP contribution >= 0.6 is 0 Å². The number of nitrogens with zero attached hydrogens (tertiary/aromatic N) is 2. The number of nitrogens with one attached hydrogen (secondary N) is 1. The van der Waals surface area contributed by atoms with Crippen molar-refractivity contribution < 1.29 is 9.53 Å². The molecular weight excluding hydrogens is 290 g/mol. The Labute approximate surface area is 132 Å². The highest BCUT2D eigenvalue weighted by molar-refractivity contribution is 6.12. The van der Waals surface area contributed by atoms with Gasteiger partial charge in [-0.25, -0.2) is 9.78 Å². The molecule has 5 nitrogen and oxygen atoms in total. The largest absolute Gasteiger partial charge is 0.464 e. The minimum atomic E-state index is -0.456. The van der Waals surface area contributed by atoms with Crippen LogP contribution in [0.3, 0.4) is 0 Å². The number of aromatic nitrogens is 3. The number of benzene rings is 1. The molecule has 0 aliphatic rings. The summed E-state index contributed by atoms with van der Waals surface area (Å²) in [6.45, 7) is 0. The Bertz CT molecular complexity index is 1020. The van der Waals surface area contributed by atoms with Crippen LogP contribution in [0.4, 0.5) is 0 Å². The Morgan fingerprint density at radius 1 is 1.13 bits per heavy atom. The van der Waals surface area contributed by atoms with E-state index in [4.69, 9.17) is 4.74 Å². The Morgan fingerprint density at radius 3 is 2.78 bits per heavy atom. The van der Waals surface area contributed by atoms with Crippen LogP contribution in [0, 0.1) is 0 Å². The van der Waals surface area contributed by atoms with Gasteiger partial charge >= 0.3 is 5.97 Å². The Kier molecular flexibility index (Phi) is 3.05. The Balaban J connectivity index is 2.12. The van der Waals surface area contributed by atoms with Gasteiger partial charge in [-0.2, -0.15) is 0 Å². The summed E-state index contributed by atoms with van der Waals surface area (Å²) in [6, 6.07) is 13.5. The highest BCUT2D eigenvalue weighted by atomic mass is 16.5. The maximum absolute atomic E-state index is 12.0. The molecule has 0 atom stereocenters. The van der Waals surface area contributed by atoms with Crippen LogP contribution in [-0.2, 0) is 4.74 Å². The van der Waals surface area contributed by atoms with E-state index in [1.54, 1.807) is 18.5 Å². The molecule has 1 aromatic carbocycles. The number of fused-ring (bicyclic) bond motifs is 3. The SMILES string of the molecule is COC(=O)c1cc2c([nH]c3ccccc32)c(-c2cccnc2)n1. The highest BCUT2D eigenvalue weighted by Gasteiger charge is 2.17. The van der Waals surface area contributed by atoms with Crippen LogP contribution < -0.4 is 0 Å². The minimum absolute atomic E-state index is 0.281. The molecule has 0 aliphatic heterocycles. The van der Waals surface area contributed by atoms with E-state index in [0.717, 1.165) is 27.4 Å². The molecule has 0 radical (unpaired) electrons. The number of esters is 1. The number of aromatic amines is 1. The third-order valence-corrected chi connectivity index (χ3v) is 3.83. The van der Waals surface area contributed by atoms with E-state index in [2.05, 4.69) is 15.0 Å². The topological polar surface area (TPSA) is 67.9 Å². The zero-order valence-corrected chi connectivity index (χ0v) is 12.4. The smallest absolute Gasteiger partial charge is 0.356 e. The van der Waals surface area contributed by atoms with E-state index < -0.39 is 5.97 Å². The Morgan fingerprint density at radius 2 is 2.00 bits per heavy atom. The van der Waals surface area contributed by atoms with Crippen LogP contribution in [0.2, 0.25) is 0 Å². The van der Waals surface area contributed by atoms with Gasteiger partial charge in [-0.1, -0.05) is 18.2 Å². The zero-order valence-electron chi connectivity index (χ0n) is 12.4. The number of para-hydroxylation sites is 1. The first-order valence-corrected chi connectivity index (χ1v) is 7.18. The maximum Gasteiger partial charge on any atom is 0.356 e. The molecule has 0 bridgehead atoms. The van der Waals surface area contributed by atoms with Crippen molar-refractivity contribution in [2.75, 3.05) is 7.11 Å². The highest BCUT2D eigenvalue weighted by Crippen LogP contribution is 2.32. The van der Waals surface area contributed by atoms with Crippen LogP contribution in [0.5, 0.6) is 0 Å². The number of carbonyl (C=O) groups is 1. The predicted molar refractivity (Wildman–Crippen MR) is 88.2 cm³/mol. The lowest BCUT2D eigenvalue weighted by Crippen LogP contribution is -2.05. The van der Waals surface area contributed by atoms with E-state index in [1.165, 1.54) is 7.11 Å². The van der Waals surface area contributed by atoms with Crippen molar-refractivity contribution >= 4 is 27.8 Å². The molecule has 1 N–H and O–H groups in total. The van der Waals surface area contributed by atoms with Crippen molar-refractivity contribution in [2.24, 2.45) is 0 Å². The second kappa shape index (κ2) is 5.21. The molecule has 0 saturated carbocycles. The van der Waals surface area contributed by atoms with Gasteiger partial charge in [0.15, 0.2) is 0 Å². The lowest BCUT2D eigenvalue weighted by atomic mass is 10.1. The molecule has 0 aliphatic carbocycles. The van der Waals surface area contributed by atoms with Gasteiger partial charge in [-0.3, -0.25) is 4.98 Å². The second-order valence-electron chi connectivity index (χ2n) is 5.18. The van der Waals surface area contributed by atoms with Crippen molar-refractivity contribution in [1.29, 1.82) is 0 Å². The summed E-state index contributed by atoms with van der Waals surface area (Å²) in [5.74, 6) is -0.456. The quantitative estimate of drug-likeness (QED) is 0.575. The van der Waals surface area contributed by atoms with Gasteiger partial charge in [0.25, 0.3) is 0 Å². The van der Waals surface area contributed by atoms with E-state index in [9.17, 15) is 4.79 Å². The summed E-state index contributed by atoms with van der Waals surface area (Å²) < 4.78 is 4.84. The second-order valence-corrected chi connectivity index (χ2v) is 5.18. The maximum atomic E-state index is 12.0. The molecule has 4 rings (SSSR count). The monoisotopic (exact) mass is 303 g/mol. The number of rotatable bonds is 2. The summed E-state index contributed by atoms with van der Waals surface area (Å²) in [4.78, 5) is 24.0. The number of H-pyrrole nitrogens is 1. The summed E-state index contributed by atoms with van der Waals surface area (Å²) in [5.41, 5.74) is 3.69. The fourth-order valence-electron chi connectivity index (χ4n) is 2.77. The van der Waals surface area contributed by atoms with Gasteiger partial charge in [0.1, 0.15) is 5.69 Å². The summed E-state index contributed by atoms with van der Waals surface area (Å²) >= 11 is 0. The lowest BCUT2D eigenvalue weighted by molar-refractivity contribution is 0.0594. The van der Waals surface area contributed by atoms with E-state index >= 15 is 0 Å². The fourth-order valence-corrected chi connectivity index (χ4v) is 2.77. The van der Waals surface area contributed by atoms with E-state index in [0.29, 0.717) is 5.69 Å². The van der Waals surface area contributed by atoms with Crippen LogP contribution in [0.25, 0.3) is 33.1 Å². The average molecular weight is 303 g/mol. The molecule has 0 spiro atoms. The first-order chi connectivity index (χ1) is 11.3. The number of pyridine rings is 2. The first kappa shape index (κ1) is 13.5. The van der Waals surface area contributed by atoms with Gasteiger partial charge in [0, 0.05) is 34.2 Å². The van der Waals surface area contributed by atoms with Crippen LogP contribution in [-0.4, -0.2) is 28.0 Å². The van der Waals surface area contributed by atoms with E-state index in [-0.39, 0.29) is 5.69 Å². The number of methoxy groups -OCH3 is 1. The normalized spacial score (nSPS) is 11.0. The number of hydrogen-bond donors (Lipinski definition) is 1. The molecule has 0 unspecified atom stereocenters. The molecule has 0 saturated heterocycles. The predicted octanol–water partition coefficient (Wildman–Crippen LogP) is 3.56. The van der Waals surface area contributed by atoms with Crippen LogP contribution in [0.1, 0.15) is 10.5 Å².